The second-order valence-corrected chi connectivity index (χ2v) is 7.42. The van der Waals surface area contributed by atoms with Crippen molar-refractivity contribution in [2.45, 2.75) is 46.0 Å². The van der Waals surface area contributed by atoms with Crippen molar-refractivity contribution in [2.75, 3.05) is 6.54 Å². The molecule has 0 aromatic rings. The quantitative estimate of drug-likeness (QED) is 0.799. The Kier molecular flexibility index (Phi) is 4.35. The van der Waals surface area contributed by atoms with Gasteiger partial charge < -0.3 is 15.3 Å². The van der Waals surface area contributed by atoms with Crippen molar-refractivity contribution in [3.8, 4) is 0 Å². The van der Waals surface area contributed by atoms with Gasteiger partial charge >= 0.3 is 18.1 Å². The maximum absolute atomic E-state index is 12.6. The summed E-state index contributed by atoms with van der Waals surface area (Å²) in [6.45, 7) is 6.99. The zero-order valence-corrected chi connectivity index (χ0v) is 13.8. The van der Waals surface area contributed by atoms with Crippen LogP contribution >= 0.6 is 0 Å². The fraction of sp³-hybridized carbons (Fsp3) is 0.800. The van der Waals surface area contributed by atoms with Crippen molar-refractivity contribution in [2.24, 2.45) is 23.2 Å². The molecule has 0 radical (unpaired) electrons. The van der Waals surface area contributed by atoms with Gasteiger partial charge in [0, 0.05) is 12.5 Å². The van der Waals surface area contributed by atoms with E-state index in [1.54, 1.807) is 5.32 Å². The van der Waals surface area contributed by atoms with Gasteiger partial charge in [0.15, 0.2) is 0 Å². The summed E-state index contributed by atoms with van der Waals surface area (Å²) in [6.07, 6.45) is -5.10. The molecule has 2 amide bonds. The van der Waals surface area contributed by atoms with E-state index in [1.807, 2.05) is 13.8 Å². The maximum atomic E-state index is 12.6. The average molecular weight is 350 g/mol. The number of hydrogen-bond acceptors (Lipinski definition) is 3. The number of amides is 2. The van der Waals surface area contributed by atoms with Gasteiger partial charge in [0.05, 0.1) is 0 Å². The Bertz CT molecular complexity index is 574. The standard InChI is InChI=1S/C15H21F3N2O4/c1-6(2)9(19-13(24)15(16,17)18)11(21)20-5-7-8(14(7,3)4)10(20)12(22)23/h6-10H,5H2,1-4H3,(H,19,24)(H,22,23). The van der Waals surface area contributed by atoms with Gasteiger partial charge in [0.1, 0.15) is 12.1 Å². The molecule has 1 saturated heterocycles. The minimum absolute atomic E-state index is 0.00804. The molecule has 1 aliphatic heterocycles. The van der Waals surface area contributed by atoms with Crippen LogP contribution in [0.1, 0.15) is 27.7 Å². The minimum Gasteiger partial charge on any atom is -0.480 e. The number of carbonyl (C=O) groups excluding carboxylic acids is 2. The number of fused-ring (bicyclic) bond motifs is 1. The molecule has 2 aliphatic rings. The van der Waals surface area contributed by atoms with Gasteiger partial charge in [-0.15, -0.1) is 0 Å². The first-order valence-electron chi connectivity index (χ1n) is 7.71. The fourth-order valence-electron chi connectivity index (χ4n) is 3.71. The molecule has 4 unspecified atom stereocenters. The van der Waals surface area contributed by atoms with Gasteiger partial charge in [0.25, 0.3) is 0 Å². The Balaban J connectivity index is 2.19. The molecular weight excluding hydrogens is 329 g/mol. The number of alkyl halides is 3. The Hall–Kier alpha value is -1.80. The maximum Gasteiger partial charge on any atom is 0.471 e. The van der Waals surface area contributed by atoms with E-state index in [0.717, 1.165) is 4.90 Å². The topological polar surface area (TPSA) is 86.7 Å². The average Bonchev–Trinajstić information content (AvgIpc) is 2.82. The van der Waals surface area contributed by atoms with Crippen molar-refractivity contribution in [1.82, 2.24) is 10.2 Å². The van der Waals surface area contributed by atoms with Crippen molar-refractivity contribution >= 4 is 17.8 Å². The van der Waals surface area contributed by atoms with E-state index in [2.05, 4.69) is 0 Å². The van der Waals surface area contributed by atoms with Crippen molar-refractivity contribution in [1.29, 1.82) is 0 Å². The monoisotopic (exact) mass is 350 g/mol. The lowest BCUT2D eigenvalue weighted by Crippen LogP contribution is -2.57. The first kappa shape index (κ1) is 18.5. The summed E-state index contributed by atoms with van der Waals surface area (Å²) < 4.78 is 37.4. The highest BCUT2D eigenvalue weighted by atomic mass is 19.4. The van der Waals surface area contributed by atoms with E-state index in [-0.39, 0.29) is 23.8 Å². The van der Waals surface area contributed by atoms with E-state index >= 15 is 0 Å². The Morgan fingerprint density at radius 3 is 2.21 bits per heavy atom. The number of aliphatic carboxylic acids is 1. The number of hydrogen-bond donors (Lipinski definition) is 2. The van der Waals surface area contributed by atoms with Gasteiger partial charge in [-0.2, -0.15) is 13.2 Å². The van der Waals surface area contributed by atoms with Gasteiger partial charge in [-0.25, -0.2) is 4.79 Å². The van der Waals surface area contributed by atoms with Gasteiger partial charge in [0.2, 0.25) is 5.91 Å². The number of likely N-dealkylation sites (tertiary alicyclic amines) is 1. The van der Waals surface area contributed by atoms with Crippen LogP contribution in [-0.4, -0.2) is 52.6 Å². The lowest BCUT2D eigenvalue weighted by Gasteiger charge is -2.33. The molecular formula is C15H21F3N2O4. The molecule has 0 bridgehead atoms. The third-order valence-electron chi connectivity index (χ3n) is 5.22. The number of nitrogens with one attached hydrogen (secondary N) is 1. The molecule has 1 aliphatic carbocycles. The SMILES string of the molecule is CC(C)C(NC(=O)C(F)(F)F)C(=O)N1CC2C(C1C(=O)O)C2(C)C. The van der Waals surface area contributed by atoms with Crippen LogP contribution in [0.15, 0.2) is 0 Å². The molecule has 0 aromatic carbocycles. The molecule has 0 aromatic heterocycles. The Morgan fingerprint density at radius 1 is 1.25 bits per heavy atom. The highest BCUT2D eigenvalue weighted by Gasteiger charge is 2.69. The summed E-state index contributed by atoms with van der Waals surface area (Å²) in [4.78, 5) is 36.4. The minimum atomic E-state index is -5.10. The number of piperidine rings is 1. The number of carboxylic acid groups (broad SMARTS) is 1. The summed E-state index contributed by atoms with van der Waals surface area (Å²) in [5.41, 5.74) is -0.206. The number of halogens is 3. The molecule has 1 saturated carbocycles. The Labute approximate surface area is 137 Å². The van der Waals surface area contributed by atoms with Crippen molar-refractivity contribution in [3.63, 3.8) is 0 Å². The van der Waals surface area contributed by atoms with Gasteiger partial charge in [-0.05, 0) is 17.3 Å². The molecule has 6 nitrogen and oxygen atoms in total. The molecule has 2 N–H and O–H groups in total. The van der Waals surface area contributed by atoms with Gasteiger partial charge in [-0.1, -0.05) is 27.7 Å². The summed E-state index contributed by atoms with van der Waals surface area (Å²) in [7, 11) is 0. The first-order valence-corrected chi connectivity index (χ1v) is 7.71. The van der Waals surface area contributed by atoms with E-state index in [0.29, 0.717) is 0 Å². The predicted octanol–water partition coefficient (Wildman–Crippen LogP) is 1.26. The van der Waals surface area contributed by atoms with E-state index in [9.17, 15) is 32.7 Å². The zero-order chi connectivity index (χ0) is 18.6. The lowest BCUT2D eigenvalue weighted by atomic mass is 9.98. The second-order valence-electron chi connectivity index (χ2n) is 7.42. The van der Waals surface area contributed by atoms with Crippen LogP contribution in [0.4, 0.5) is 13.2 Å². The summed E-state index contributed by atoms with van der Waals surface area (Å²) >= 11 is 0. The lowest BCUT2D eigenvalue weighted by molar-refractivity contribution is -0.175. The number of carbonyl (C=O) groups is 3. The summed E-state index contributed by atoms with van der Waals surface area (Å²) in [6, 6.07) is -2.48. The van der Waals surface area contributed by atoms with Crippen LogP contribution in [0.2, 0.25) is 0 Å². The molecule has 2 rings (SSSR count). The Morgan fingerprint density at radius 2 is 1.79 bits per heavy atom. The summed E-state index contributed by atoms with van der Waals surface area (Å²) in [5.74, 6) is -4.97. The number of rotatable bonds is 4. The fourth-order valence-corrected chi connectivity index (χ4v) is 3.71. The first-order chi connectivity index (χ1) is 10.8. The van der Waals surface area contributed by atoms with Crippen LogP contribution in [0.25, 0.3) is 0 Å². The predicted molar refractivity (Wildman–Crippen MR) is 76.7 cm³/mol. The third-order valence-corrected chi connectivity index (χ3v) is 5.22. The summed E-state index contributed by atoms with van der Waals surface area (Å²) in [5, 5.41) is 11.1. The third kappa shape index (κ3) is 2.95. The molecule has 24 heavy (non-hydrogen) atoms. The van der Waals surface area contributed by atoms with E-state index in [1.165, 1.54) is 13.8 Å². The van der Waals surface area contributed by atoms with Crippen LogP contribution in [-0.2, 0) is 14.4 Å². The second kappa shape index (κ2) is 5.63. The molecule has 0 spiro atoms. The van der Waals surface area contributed by atoms with Crippen LogP contribution in [0.5, 0.6) is 0 Å². The molecule has 2 fully saturated rings. The normalized spacial score (nSPS) is 29.2. The van der Waals surface area contributed by atoms with Crippen molar-refractivity contribution in [3.05, 3.63) is 0 Å². The number of carboxylic acids is 1. The van der Waals surface area contributed by atoms with Crippen LogP contribution < -0.4 is 5.32 Å². The van der Waals surface area contributed by atoms with E-state index < -0.39 is 42.0 Å². The van der Waals surface area contributed by atoms with Crippen LogP contribution in [0, 0.1) is 23.2 Å². The van der Waals surface area contributed by atoms with Gasteiger partial charge in [-0.3, -0.25) is 9.59 Å². The van der Waals surface area contributed by atoms with Crippen LogP contribution in [0.3, 0.4) is 0 Å². The smallest absolute Gasteiger partial charge is 0.471 e. The molecule has 1 heterocycles. The van der Waals surface area contributed by atoms with E-state index in [4.69, 9.17) is 0 Å². The van der Waals surface area contributed by atoms with Crippen molar-refractivity contribution < 1.29 is 32.7 Å². The highest BCUT2D eigenvalue weighted by Crippen LogP contribution is 2.64. The molecule has 9 heteroatoms. The molecule has 136 valence electrons. The highest BCUT2D eigenvalue weighted by molar-refractivity contribution is 5.93. The largest absolute Gasteiger partial charge is 0.480 e. The number of nitrogens with zero attached hydrogens (tertiary/aromatic N) is 1. The zero-order valence-electron chi connectivity index (χ0n) is 13.8. The molecule has 4 atom stereocenters.